The largest absolute Gasteiger partial charge is 0.491 e. The van der Waals surface area contributed by atoms with Crippen LogP contribution in [-0.4, -0.2) is 47.5 Å². The number of nitrogens with zero attached hydrogens (tertiary/aromatic N) is 1. The van der Waals surface area contributed by atoms with E-state index in [9.17, 15) is 14.6 Å². The molecule has 1 aliphatic heterocycles. The molecule has 0 aromatic heterocycles. The van der Waals surface area contributed by atoms with Gasteiger partial charge in [-0.15, -0.1) is 12.4 Å². The van der Waals surface area contributed by atoms with Crippen LogP contribution in [0.2, 0.25) is 5.02 Å². The lowest BCUT2D eigenvalue weighted by atomic mass is 9.87. The predicted octanol–water partition coefficient (Wildman–Crippen LogP) is 4.39. The lowest BCUT2D eigenvalue weighted by molar-refractivity contribution is 0.0277. The zero-order valence-corrected chi connectivity index (χ0v) is 18.0. The topological polar surface area (TPSA) is 52.9 Å². The van der Waals surface area contributed by atoms with Crippen molar-refractivity contribution in [3.05, 3.63) is 64.4 Å². The summed E-state index contributed by atoms with van der Waals surface area (Å²) in [5, 5.41) is 21.5. The van der Waals surface area contributed by atoms with Crippen molar-refractivity contribution in [3.8, 4) is 5.75 Å². The number of aliphatic hydroxyl groups excluding tert-OH is 2. The van der Waals surface area contributed by atoms with Crippen LogP contribution in [-0.2, 0) is 0 Å². The van der Waals surface area contributed by atoms with E-state index in [0.717, 1.165) is 42.8 Å². The summed E-state index contributed by atoms with van der Waals surface area (Å²) in [6.07, 6.45) is 0.503. The quantitative estimate of drug-likeness (QED) is 0.665. The standard InChI is InChI=1S/C22H27ClFNO3.ClH/c1-15-12-18(23)4-7-21(15)28-14-20(26)13-25-10-8-17(9-11-25)22(27)16-2-5-19(24)6-3-16;/h2-7,12,17,20,22,26-27H,8-11,13-14H2,1H3;1H. The molecule has 2 atom stereocenters. The van der Waals surface area contributed by atoms with E-state index in [-0.39, 0.29) is 30.7 Å². The van der Waals surface area contributed by atoms with Crippen molar-refractivity contribution < 1.29 is 19.3 Å². The first-order valence-electron chi connectivity index (χ1n) is 9.65. The molecule has 1 heterocycles. The monoisotopic (exact) mass is 443 g/mol. The van der Waals surface area contributed by atoms with E-state index in [0.29, 0.717) is 11.6 Å². The predicted molar refractivity (Wildman–Crippen MR) is 115 cm³/mol. The molecular weight excluding hydrogens is 416 g/mol. The molecular formula is C22H28Cl2FNO3. The molecule has 2 N–H and O–H groups in total. The zero-order valence-electron chi connectivity index (χ0n) is 16.4. The summed E-state index contributed by atoms with van der Waals surface area (Å²) in [6.45, 7) is 4.29. The summed E-state index contributed by atoms with van der Waals surface area (Å²) < 4.78 is 18.8. The van der Waals surface area contributed by atoms with Crippen LogP contribution in [0.3, 0.4) is 0 Å². The van der Waals surface area contributed by atoms with Gasteiger partial charge in [0.05, 0.1) is 6.10 Å². The van der Waals surface area contributed by atoms with Gasteiger partial charge in [-0.25, -0.2) is 4.39 Å². The number of halogens is 3. The lowest BCUT2D eigenvalue weighted by Crippen LogP contribution is -2.41. The van der Waals surface area contributed by atoms with Crippen molar-refractivity contribution >= 4 is 24.0 Å². The Morgan fingerprint density at radius 2 is 1.79 bits per heavy atom. The van der Waals surface area contributed by atoms with Crippen molar-refractivity contribution in [2.45, 2.75) is 32.0 Å². The molecule has 2 aromatic rings. The summed E-state index contributed by atoms with van der Waals surface area (Å²) in [4.78, 5) is 2.19. The van der Waals surface area contributed by atoms with Crippen LogP contribution >= 0.6 is 24.0 Å². The van der Waals surface area contributed by atoms with Gasteiger partial charge in [-0.1, -0.05) is 23.7 Å². The highest BCUT2D eigenvalue weighted by Crippen LogP contribution is 2.31. The maximum absolute atomic E-state index is 13.0. The molecule has 0 bridgehead atoms. The van der Waals surface area contributed by atoms with Crippen molar-refractivity contribution in [1.82, 2.24) is 4.90 Å². The number of likely N-dealkylation sites (tertiary alicyclic amines) is 1. The minimum absolute atomic E-state index is 0. The van der Waals surface area contributed by atoms with Crippen LogP contribution in [0.25, 0.3) is 0 Å². The zero-order chi connectivity index (χ0) is 20.1. The van der Waals surface area contributed by atoms with E-state index < -0.39 is 12.2 Å². The molecule has 160 valence electrons. The number of β-amino-alcohol motifs (C(OH)–C–C–N with tert-alkyl or cyclic N) is 1. The number of ether oxygens (including phenoxy) is 1. The fraction of sp³-hybridized carbons (Fsp3) is 0.455. The number of hydrogen-bond donors (Lipinski definition) is 2. The summed E-state index contributed by atoms with van der Waals surface area (Å²) in [7, 11) is 0. The second kappa shape index (κ2) is 11.1. The van der Waals surface area contributed by atoms with Gasteiger partial charge in [-0.05, 0) is 80.2 Å². The third kappa shape index (κ3) is 6.83. The number of benzene rings is 2. The van der Waals surface area contributed by atoms with Crippen LogP contribution in [0, 0.1) is 18.7 Å². The molecule has 1 saturated heterocycles. The Labute approximate surface area is 182 Å². The van der Waals surface area contributed by atoms with Crippen LogP contribution < -0.4 is 4.74 Å². The highest BCUT2D eigenvalue weighted by Gasteiger charge is 2.27. The van der Waals surface area contributed by atoms with E-state index in [4.69, 9.17) is 16.3 Å². The van der Waals surface area contributed by atoms with Gasteiger partial charge in [0.2, 0.25) is 0 Å². The molecule has 1 fully saturated rings. The second-order valence-corrected chi connectivity index (χ2v) is 7.95. The van der Waals surface area contributed by atoms with Gasteiger partial charge in [-0.2, -0.15) is 0 Å². The van der Waals surface area contributed by atoms with E-state index in [1.165, 1.54) is 12.1 Å². The average molecular weight is 444 g/mol. The SMILES string of the molecule is Cc1cc(Cl)ccc1OCC(O)CN1CCC(C(O)c2ccc(F)cc2)CC1.Cl. The van der Waals surface area contributed by atoms with Crippen LogP contribution in [0.15, 0.2) is 42.5 Å². The van der Waals surface area contributed by atoms with E-state index in [1.54, 1.807) is 18.2 Å². The molecule has 0 spiro atoms. The summed E-state index contributed by atoms with van der Waals surface area (Å²) in [5.74, 6) is 0.576. The van der Waals surface area contributed by atoms with Gasteiger partial charge < -0.3 is 19.8 Å². The molecule has 4 nitrogen and oxygen atoms in total. The highest BCUT2D eigenvalue weighted by molar-refractivity contribution is 6.30. The third-order valence-electron chi connectivity index (χ3n) is 5.33. The maximum Gasteiger partial charge on any atom is 0.123 e. The maximum atomic E-state index is 13.0. The third-order valence-corrected chi connectivity index (χ3v) is 5.56. The molecule has 2 unspecified atom stereocenters. The average Bonchev–Trinajstić information content (AvgIpc) is 2.68. The van der Waals surface area contributed by atoms with Crippen molar-refractivity contribution in [2.75, 3.05) is 26.2 Å². The fourth-order valence-corrected chi connectivity index (χ4v) is 3.92. The Kier molecular flexibility index (Phi) is 9.18. The van der Waals surface area contributed by atoms with Gasteiger partial charge >= 0.3 is 0 Å². The normalized spacial score (nSPS) is 17.4. The number of aryl methyl sites for hydroxylation is 1. The van der Waals surface area contributed by atoms with E-state index in [2.05, 4.69) is 4.90 Å². The Morgan fingerprint density at radius 3 is 2.41 bits per heavy atom. The van der Waals surface area contributed by atoms with Gasteiger partial charge in [0.25, 0.3) is 0 Å². The molecule has 0 radical (unpaired) electrons. The number of piperidine rings is 1. The fourth-order valence-electron chi connectivity index (χ4n) is 3.69. The highest BCUT2D eigenvalue weighted by atomic mass is 35.5. The van der Waals surface area contributed by atoms with Crippen molar-refractivity contribution in [1.29, 1.82) is 0 Å². The minimum atomic E-state index is -0.589. The summed E-state index contributed by atoms with van der Waals surface area (Å²) in [5.41, 5.74) is 1.70. The van der Waals surface area contributed by atoms with Crippen LogP contribution in [0.1, 0.15) is 30.1 Å². The second-order valence-electron chi connectivity index (χ2n) is 7.51. The smallest absolute Gasteiger partial charge is 0.123 e. The van der Waals surface area contributed by atoms with Gasteiger partial charge in [0.1, 0.15) is 24.3 Å². The van der Waals surface area contributed by atoms with Crippen molar-refractivity contribution in [2.24, 2.45) is 5.92 Å². The first-order chi connectivity index (χ1) is 13.4. The number of hydrogen-bond acceptors (Lipinski definition) is 4. The number of rotatable bonds is 7. The Balaban J connectivity index is 0.00000300. The van der Waals surface area contributed by atoms with Crippen molar-refractivity contribution in [3.63, 3.8) is 0 Å². The first kappa shape index (κ1) is 23.9. The van der Waals surface area contributed by atoms with Gasteiger partial charge in [0, 0.05) is 11.6 Å². The molecule has 0 saturated carbocycles. The van der Waals surface area contributed by atoms with Crippen LogP contribution in [0.5, 0.6) is 5.75 Å². The minimum Gasteiger partial charge on any atom is -0.491 e. The summed E-state index contributed by atoms with van der Waals surface area (Å²) >= 11 is 5.94. The number of aliphatic hydroxyl groups is 2. The Hall–Kier alpha value is -1.37. The molecule has 2 aromatic carbocycles. The Morgan fingerprint density at radius 1 is 1.14 bits per heavy atom. The molecule has 1 aliphatic rings. The van der Waals surface area contributed by atoms with Gasteiger partial charge in [0.15, 0.2) is 0 Å². The molecule has 0 amide bonds. The Bertz CT molecular complexity index is 767. The first-order valence-corrected chi connectivity index (χ1v) is 10.0. The molecule has 29 heavy (non-hydrogen) atoms. The summed E-state index contributed by atoms with van der Waals surface area (Å²) in [6, 6.07) is 11.5. The van der Waals surface area contributed by atoms with Crippen LogP contribution in [0.4, 0.5) is 4.39 Å². The van der Waals surface area contributed by atoms with E-state index >= 15 is 0 Å². The molecule has 0 aliphatic carbocycles. The lowest BCUT2D eigenvalue weighted by Gasteiger charge is -2.35. The molecule has 3 rings (SSSR count). The van der Waals surface area contributed by atoms with E-state index in [1.807, 2.05) is 19.1 Å². The van der Waals surface area contributed by atoms with Gasteiger partial charge in [-0.3, -0.25) is 0 Å². The molecule has 7 heteroatoms.